The van der Waals surface area contributed by atoms with Crippen molar-refractivity contribution >= 4 is 16.4 Å². The Balaban J connectivity index is 2.60. The smallest absolute Gasteiger partial charge is 0.323 e. The quantitative estimate of drug-likeness (QED) is 0.717. The minimum Gasteiger partial charge on any atom is -0.323 e. The number of nitrogens with two attached hydrogens (primary N) is 1. The van der Waals surface area contributed by atoms with Crippen LogP contribution in [0.15, 0.2) is 30.3 Å². The second-order valence-electron chi connectivity index (χ2n) is 3.13. The SMILES string of the molecule is N[C@H](Cc1ccccc1)C(=O)OS(=O)(=O)O. The van der Waals surface area contributed by atoms with E-state index in [0.29, 0.717) is 0 Å². The first-order valence-corrected chi connectivity index (χ1v) is 5.75. The van der Waals surface area contributed by atoms with E-state index in [2.05, 4.69) is 4.18 Å². The van der Waals surface area contributed by atoms with Crippen LogP contribution in [-0.4, -0.2) is 25.0 Å². The summed E-state index contributed by atoms with van der Waals surface area (Å²) in [4.78, 5) is 11.1. The van der Waals surface area contributed by atoms with E-state index in [1.807, 2.05) is 0 Å². The molecule has 0 aliphatic carbocycles. The second-order valence-corrected chi connectivity index (χ2v) is 4.15. The molecule has 0 heterocycles. The van der Waals surface area contributed by atoms with Gasteiger partial charge in [-0.1, -0.05) is 30.3 Å². The van der Waals surface area contributed by atoms with Crippen LogP contribution in [0.5, 0.6) is 0 Å². The summed E-state index contributed by atoms with van der Waals surface area (Å²) in [6.45, 7) is 0. The fourth-order valence-electron chi connectivity index (χ4n) is 1.12. The van der Waals surface area contributed by atoms with Crippen molar-refractivity contribution in [3.05, 3.63) is 35.9 Å². The topological polar surface area (TPSA) is 107 Å². The Morgan fingerprint density at radius 1 is 1.38 bits per heavy atom. The van der Waals surface area contributed by atoms with Gasteiger partial charge in [0.25, 0.3) is 0 Å². The zero-order valence-electron chi connectivity index (χ0n) is 8.24. The lowest BCUT2D eigenvalue weighted by Crippen LogP contribution is -2.35. The van der Waals surface area contributed by atoms with Crippen molar-refractivity contribution in [2.45, 2.75) is 12.5 Å². The molecule has 0 amide bonds. The van der Waals surface area contributed by atoms with Crippen LogP contribution in [0.3, 0.4) is 0 Å². The normalized spacial score (nSPS) is 13.1. The maximum atomic E-state index is 11.1. The van der Waals surface area contributed by atoms with E-state index < -0.39 is 22.4 Å². The molecule has 0 bridgehead atoms. The summed E-state index contributed by atoms with van der Waals surface area (Å²) >= 11 is 0. The van der Waals surface area contributed by atoms with Crippen molar-refractivity contribution in [2.75, 3.05) is 0 Å². The molecule has 6 nitrogen and oxygen atoms in total. The highest BCUT2D eigenvalue weighted by Crippen LogP contribution is 2.03. The Morgan fingerprint density at radius 2 is 1.94 bits per heavy atom. The molecule has 0 fully saturated rings. The van der Waals surface area contributed by atoms with Gasteiger partial charge in [-0.15, -0.1) is 0 Å². The van der Waals surface area contributed by atoms with Crippen molar-refractivity contribution in [3.63, 3.8) is 0 Å². The molecular formula is C9H11NO5S. The average molecular weight is 245 g/mol. The van der Waals surface area contributed by atoms with Gasteiger partial charge < -0.3 is 9.92 Å². The zero-order chi connectivity index (χ0) is 12.2. The summed E-state index contributed by atoms with van der Waals surface area (Å²) in [5.74, 6) is -1.19. The highest BCUT2D eigenvalue weighted by molar-refractivity contribution is 7.81. The lowest BCUT2D eigenvalue weighted by atomic mass is 10.1. The highest BCUT2D eigenvalue weighted by Gasteiger charge is 2.21. The molecule has 7 heteroatoms. The summed E-state index contributed by atoms with van der Waals surface area (Å²) in [5.41, 5.74) is 6.17. The zero-order valence-corrected chi connectivity index (χ0v) is 9.05. The number of rotatable bonds is 4. The summed E-state index contributed by atoms with van der Waals surface area (Å²) < 4.78 is 32.5. The van der Waals surface area contributed by atoms with Crippen LogP contribution in [0, 0.1) is 0 Å². The van der Waals surface area contributed by atoms with Gasteiger partial charge in [-0.2, -0.15) is 8.42 Å². The lowest BCUT2D eigenvalue weighted by Gasteiger charge is -2.08. The fourth-order valence-corrected chi connectivity index (χ4v) is 1.45. The van der Waals surface area contributed by atoms with Crippen molar-refractivity contribution in [2.24, 2.45) is 5.73 Å². The first-order valence-electron chi connectivity index (χ1n) is 4.39. The van der Waals surface area contributed by atoms with E-state index in [9.17, 15) is 13.2 Å². The molecule has 1 aromatic rings. The molecule has 88 valence electrons. The minimum absolute atomic E-state index is 0.134. The van der Waals surface area contributed by atoms with Gasteiger partial charge in [0, 0.05) is 0 Å². The fraction of sp³-hybridized carbons (Fsp3) is 0.222. The monoisotopic (exact) mass is 245 g/mol. The van der Waals surface area contributed by atoms with Gasteiger partial charge in [0.1, 0.15) is 6.04 Å². The Hall–Kier alpha value is -1.44. The first-order chi connectivity index (χ1) is 7.38. The molecule has 1 rings (SSSR count). The molecule has 0 aliphatic rings. The molecule has 1 aromatic carbocycles. The molecule has 1 atom stereocenters. The molecule has 3 N–H and O–H groups in total. The maximum absolute atomic E-state index is 11.1. The van der Waals surface area contributed by atoms with Crippen LogP contribution < -0.4 is 5.73 Å². The third-order valence-electron chi connectivity index (χ3n) is 1.79. The summed E-state index contributed by atoms with van der Waals surface area (Å²) in [5, 5.41) is 0. The van der Waals surface area contributed by atoms with Crippen LogP contribution in [0.4, 0.5) is 0 Å². The molecule has 0 aliphatic heterocycles. The molecule has 0 saturated carbocycles. The second kappa shape index (κ2) is 5.06. The first kappa shape index (κ1) is 12.6. The minimum atomic E-state index is -4.79. The molecule has 0 aromatic heterocycles. The largest absolute Gasteiger partial charge is 0.449 e. The van der Waals surface area contributed by atoms with Crippen molar-refractivity contribution < 1.29 is 21.9 Å². The van der Waals surface area contributed by atoms with Crippen molar-refractivity contribution in [1.82, 2.24) is 0 Å². The third kappa shape index (κ3) is 4.39. The summed E-state index contributed by atoms with van der Waals surface area (Å²) in [7, 11) is -4.79. The molecule has 0 unspecified atom stereocenters. The van der Waals surface area contributed by atoms with Gasteiger partial charge >= 0.3 is 16.4 Å². The molecular weight excluding hydrogens is 234 g/mol. The van der Waals surface area contributed by atoms with Crippen LogP contribution >= 0.6 is 0 Å². The lowest BCUT2D eigenvalue weighted by molar-refractivity contribution is -0.135. The number of hydrogen-bond donors (Lipinski definition) is 2. The summed E-state index contributed by atoms with van der Waals surface area (Å²) in [6, 6.07) is 7.66. The van der Waals surface area contributed by atoms with E-state index >= 15 is 0 Å². The van der Waals surface area contributed by atoms with Crippen LogP contribution in [0.2, 0.25) is 0 Å². The standard InChI is InChI=1S/C9H11NO5S/c10-8(9(11)15-16(12,13)14)6-7-4-2-1-3-5-7/h1-5,8H,6,10H2,(H,12,13,14)/t8-/m1/s1. The van der Waals surface area contributed by atoms with Gasteiger partial charge in [0.05, 0.1) is 0 Å². The van der Waals surface area contributed by atoms with E-state index in [4.69, 9.17) is 10.3 Å². The van der Waals surface area contributed by atoms with Gasteiger partial charge in [-0.25, -0.2) is 4.79 Å². The van der Waals surface area contributed by atoms with E-state index in [1.165, 1.54) is 0 Å². The van der Waals surface area contributed by atoms with E-state index in [-0.39, 0.29) is 6.42 Å². The Bertz CT molecular complexity index is 456. The van der Waals surface area contributed by atoms with Gasteiger partial charge in [0.15, 0.2) is 0 Å². The van der Waals surface area contributed by atoms with Crippen LogP contribution in [-0.2, 0) is 25.8 Å². The predicted octanol–water partition coefficient (Wildman–Crippen LogP) is -0.0976. The van der Waals surface area contributed by atoms with E-state index in [0.717, 1.165) is 5.56 Å². The Labute approximate surface area is 93.0 Å². The van der Waals surface area contributed by atoms with E-state index in [1.54, 1.807) is 30.3 Å². The average Bonchev–Trinajstić information content (AvgIpc) is 2.16. The van der Waals surface area contributed by atoms with Gasteiger partial charge in [0.2, 0.25) is 0 Å². The highest BCUT2D eigenvalue weighted by atomic mass is 32.3. The number of hydrogen-bond acceptors (Lipinski definition) is 5. The molecule has 0 spiro atoms. The predicted molar refractivity (Wildman–Crippen MR) is 55.8 cm³/mol. The summed E-state index contributed by atoms with van der Waals surface area (Å²) in [6.07, 6.45) is 0.134. The number of carbonyl (C=O) groups excluding carboxylic acids is 1. The Morgan fingerprint density at radius 3 is 2.44 bits per heavy atom. The van der Waals surface area contributed by atoms with Crippen LogP contribution in [0.25, 0.3) is 0 Å². The van der Waals surface area contributed by atoms with Gasteiger partial charge in [-0.3, -0.25) is 4.55 Å². The number of benzene rings is 1. The van der Waals surface area contributed by atoms with Crippen molar-refractivity contribution in [1.29, 1.82) is 0 Å². The van der Waals surface area contributed by atoms with Crippen LogP contribution in [0.1, 0.15) is 5.56 Å². The Kier molecular flexibility index (Phi) is 3.99. The molecule has 16 heavy (non-hydrogen) atoms. The number of carbonyl (C=O) groups is 1. The molecule has 0 saturated heterocycles. The van der Waals surface area contributed by atoms with Crippen molar-refractivity contribution in [3.8, 4) is 0 Å². The maximum Gasteiger partial charge on any atom is 0.449 e. The van der Waals surface area contributed by atoms with Gasteiger partial charge in [-0.05, 0) is 12.0 Å². The third-order valence-corrected chi connectivity index (χ3v) is 2.16. The molecule has 0 radical (unpaired) electrons.